The number of hydrogen-bond donors (Lipinski definition) is 1. The van der Waals surface area contributed by atoms with Crippen LogP contribution in [0, 0.1) is 13.8 Å². The van der Waals surface area contributed by atoms with Crippen LogP contribution in [-0.2, 0) is 11.2 Å². The predicted molar refractivity (Wildman–Crippen MR) is 75.1 cm³/mol. The number of aryl methyl sites for hydroxylation is 2. The van der Waals surface area contributed by atoms with E-state index in [0.29, 0.717) is 12.8 Å². The van der Waals surface area contributed by atoms with Crippen molar-refractivity contribution in [1.29, 1.82) is 0 Å². The normalized spacial score (nSPS) is 12.2. The van der Waals surface area contributed by atoms with Crippen molar-refractivity contribution in [3.05, 3.63) is 47.1 Å². The van der Waals surface area contributed by atoms with Gasteiger partial charge in [-0.3, -0.25) is 9.78 Å². The molecule has 0 spiro atoms. The van der Waals surface area contributed by atoms with Crippen LogP contribution >= 0.6 is 0 Å². The quantitative estimate of drug-likeness (QED) is 0.908. The van der Waals surface area contributed by atoms with Crippen LogP contribution in [-0.4, -0.2) is 16.0 Å². The van der Waals surface area contributed by atoms with Crippen LogP contribution in [0.2, 0.25) is 0 Å². The van der Waals surface area contributed by atoms with Gasteiger partial charge in [0.2, 0.25) is 5.91 Å². The molecule has 5 nitrogen and oxygen atoms in total. The molecule has 5 heteroatoms. The van der Waals surface area contributed by atoms with Crippen molar-refractivity contribution in [2.75, 3.05) is 0 Å². The number of amides is 1. The molecular formula is C15H19N3O2. The van der Waals surface area contributed by atoms with E-state index in [1.165, 1.54) is 0 Å². The first-order valence-electron chi connectivity index (χ1n) is 6.70. The van der Waals surface area contributed by atoms with Crippen LogP contribution in [0.3, 0.4) is 0 Å². The number of carbonyl (C=O) groups is 1. The summed E-state index contributed by atoms with van der Waals surface area (Å²) in [5.41, 5.74) is 2.73. The van der Waals surface area contributed by atoms with Crippen molar-refractivity contribution < 1.29 is 9.32 Å². The highest BCUT2D eigenvalue weighted by Crippen LogP contribution is 2.15. The van der Waals surface area contributed by atoms with E-state index >= 15 is 0 Å². The summed E-state index contributed by atoms with van der Waals surface area (Å²) < 4.78 is 5.09. The molecule has 0 aliphatic rings. The van der Waals surface area contributed by atoms with Gasteiger partial charge < -0.3 is 9.84 Å². The minimum absolute atomic E-state index is 0.00292. The van der Waals surface area contributed by atoms with E-state index in [1.807, 2.05) is 39.0 Å². The summed E-state index contributed by atoms with van der Waals surface area (Å²) in [5.74, 6) is 0.788. The molecule has 0 aliphatic heterocycles. The SMILES string of the molecule is Cc1noc(C)c1CCC(=O)N[C@@H](C)c1ccccn1. The molecular weight excluding hydrogens is 254 g/mol. The van der Waals surface area contributed by atoms with Crippen molar-refractivity contribution in [3.8, 4) is 0 Å². The minimum Gasteiger partial charge on any atom is -0.361 e. The molecule has 2 heterocycles. The summed E-state index contributed by atoms with van der Waals surface area (Å²) in [7, 11) is 0. The summed E-state index contributed by atoms with van der Waals surface area (Å²) in [6, 6.07) is 5.58. The van der Waals surface area contributed by atoms with Gasteiger partial charge in [-0.15, -0.1) is 0 Å². The third-order valence-corrected chi connectivity index (χ3v) is 3.29. The van der Waals surface area contributed by atoms with Crippen molar-refractivity contribution in [1.82, 2.24) is 15.5 Å². The molecule has 0 bridgehead atoms. The smallest absolute Gasteiger partial charge is 0.220 e. The Labute approximate surface area is 118 Å². The van der Waals surface area contributed by atoms with E-state index in [2.05, 4.69) is 15.5 Å². The molecule has 0 aliphatic carbocycles. The average Bonchev–Trinajstić information content (AvgIpc) is 2.77. The maximum Gasteiger partial charge on any atom is 0.220 e. The molecule has 0 saturated heterocycles. The zero-order chi connectivity index (χ0) is 14.5. The lowest BCUT2D eigenvalue weighted by molar-refractivity contribution is -0.121. The Kier molecular flexibility index (Phi) is 4.50. The van der Waals surface area contributed by atoms with E-state index in [1.54, 1.807) is 6.20 Å². The number of carbonyl (C=O) groups excluding carboxylic acids is 1. The molecule has 20 heavy (non-hydrogen) atoms. The zero-order valence-corrected chi connectivity index (χ0v) is 12.0. The Hall–Kier alpha value is -2.17. The van der Waals surface area contributed by atoms with Gasteiger partial charge in [-0.1, -0.05) is 11.2 Å². The second-order valence-corrected chi connectivity index (χ2v) is 4.85. The van der Waals surface area contributed by atoms with Gasteiger partial charge in [0.15, 0.2) is 0 Å². The van der Waals surface area contributed by atoms with Crippen LogP contribution in [0.5, 0.6) is 0 Å². The highest BCUT2D eigenvalue weighted by molar-refractivity contribution is 5.76. The lowest BCUT2D eigenvalue weighted by atomic mass is 10.1. The Morgan fingerprint density at radius 2 is 2.20 bits per heavy atom. The first-order valence-corrected chi connectivity index (χ1v) is 6.70. The van der Waals surface area contributed by atoms with E-state index in [9.17, 15) is 4.79 Å². The first kappa shape index (κ1) is 14.2. The fourth-order valence-electron chi connectivity index (χ4n) is 2.12. The second kappa shape index (κ2) is 6.32. The van der Waals surface area contributed by atoms with Crippen LogP contribution < -0.4 is 5.32 Å². The molecule has 2 aromatic heterocycles. The molecule has 0 fully saturated rings. The van der Waals surface area contributed by atoms with Gasteiger partial charge in [0, 0.05) is 18.2 Å². The summed E-state index contributed by atoms with van der Waals surface area (Å²) in [6.45, 7) is 5.68. The molecule has 1 N–H and O–H groups in total. The number of nitrogens with zero attached hydrogens (tertiary/aromatic N) is 2. The topological polar surface area (TPSA) is 68.0 Å². The minimum atomic E-state index is -0.0895. The largest absolute Gasteiger partial charge is 0.361 e. The number of aromatic nitrogens is 2. The third kappa shape index (κ3) is 3.44. The van der Waals surface area contributed by atoms with Crippen molar-refractivity contribution in [3.63, 3.8) is 0 Å². The number of nitrogens with one attached hydrogen (secondary N) is 1. The van der Waals surface area contributed by atoms with Gasteiger partial charge in [-0.2, -0.15) is 0 Å². The molecule has 0 unspecified atom stereocenters. The standard InChI is InChI=1S/C15H19N3O2/c1-10-13(12(3)20-18-10)7-8-15(19)17-11(2)14-6-4-5-9-16-14/h4-6,9,11H,7-8H2,1-3H3,(H,17,19)/t11-/m0/s1. The highest BCUT2D eigenvalue weighted by atomic mass is 16.5. The van der Waals surface area contributed by atoms with Gasteiger partial charge in [0.05, 0.1) is 17.4 Å². The van der Waals surface area contributed by atoms with Crippen LogP contribution in [0.4, 0.5) is 0 Å². The van der Waals surface area contributed by atoms with Crippen molar-refractivity contribution >= 4 is 5.91 Å². The first-order chi connectivity index (χ1) is 9.58. The van der Waals surface area contributed by atoms with E-state index < -0.39 is 0 Å². The van der Waals surface area contributed by atoms with Crippen molar-refractivity contribution in [2.24, 2.45) is 0 Å². The van der Waals surface area contributed by atoms with E-state index in [4.69, 9.17) is 4.52 Å². The van der Waals surface area contributed by atoms with Crippen LogP contribution in [0.1, 0.15) is 42.1 Å². The van der Waals surface area contributed by atoms with Gasteiger partial charge in [0.1, 0.15) is 5.76 Å². The molecule has 1 amide bonds. The van der Waals surface area contributed by atoms with Gasteiger partial charge >= 0.3 is 0 Å². The summed E-state index contributed by atoms with van der Waals surface area (Å²) >= 11 is 0. The molecule has 2 aromatic rings. The fraction of sp³-hybridized carbons (Fsp3) is 0.400. The monoisotopic (exact) mass is 273 g/mol. The third-order valence-electron chi connectivity index (χ3n) is 3.29. The van der Waals surface area contributed by atoms with Gasteiger partial charge in [-0.25, -0.2) is 0 Å². The summed E-state index contributed by atoms with van der Waals surface area (Å²) in [5, 5.41) is 6.83. The maximum absolute atomic E-state index is 12.0. The summed E-state index contributed by atoms with van der Waals surface area (Å²) in [6.07, 6.45) is 2.78. The van der Waals surface area contributed by atoms with Crippen LogP contribution in [0.25, 0.3) is 0 Å². The zero-order valence-electron chi connectivity index (χ0n) is 12.0. The second-order valence-electron chi connectivity index (χ2n) is 4.85. The molecule has 2 rings (SSSR count). The van der Waals surface area contributed by atoms with Crippen LogP contribution in [0.15, 0.2) is 28.9 Å². The lowest BCUT2D eigenvalue weighted by Gasteiger charge is -2.13. The Bertz CT molecular complexity index is 559. The average molecular weight is 273 g/mol. The lowest BCUT2D eigenvalue weighted by Crippen LogP contribution is -2.27. The molecule has 106 valence electrons. The van der Waals surface area contributed by atoms with E-state index in [-0.39, 0.29) is 11.9 Å². The van der Waals surface area contributed by atoms with Gasteiger partial charge in [0.25, 0.3) is 0 Å². The Morgan fingerprint density at radius 1 is 1.40 bits per heavy atom. The maximum atomic E-state index is 12.0. The molecule has 0 radical (unpaired) electrons. The molecule has 0 aromatic carbocycles. The highest BCUT2D eigenvalue weighted by Gasteiger charge is 2.13. The number of hydrogen-bond acceptors (Lipinski definition) is 4. The van der Waals surface area contributed by atoms with E-state index in [0.717, 1.165) is 22.7 Å². The summed E-state index contributed by atoms with van der Waals surface area (Å²) in [4.78, 5) is 16.2. The molecule has 0 saturated carbocycles. The number of rotatable bonds is 5. The Balaban J connectivity index is 1.87. The van der Waals surface area contributed by atoms with Crippen molar-refractivity contribution in [2.45, 2.75) is 39.7 Å². The Morgan fingerprint density at radius 3 is 2.80 bits per heavy atom. The fourth-order valence-corrected chi connectivity index (χ4v) is 2.12. The number of pyridine rings is 1. The van der Waals surface area contributed by atoms with Gasteiger partial charge in [-0.05, 0) is 39.3 Å². The molecule has 1 atom stereocenters. The predicted octanol–water partition coefficient (Wildman–Crippen LogP) is 2.50.